The maximum absolute atomic E-state index is 5.84. The van der Waals surface area contributed by atoms with E-state index in [9.17, 15) is 0 Å². The van der Waals surface area contributed by atoms with Gasteiger partial charge in [-0.2, -0.15) is 0 Å². The second-order valence-electron chi connectivity index (χ2n) is 4.85. The van der Waals surface area contributed by atoms with E-state index in [2.05, 4.69) is 42.6 Å². The summed E-state index contributed by atoms with van der Waals surface area (Å²) in [6.07, 6.45) is 2.07. The zero-order valence-electron chi connectivity index (χ0n) is 11.5. The lowest BCUT2D eigenvalue weighted by Gasteiger charge is -2.13. The summed E-state index contributed by atoms with van der Waals surface area (Å²) in [7, 11) is 0. The lowest BCUT2D eigenvalue weighted by atomic mass is 10.2. The molecule has 18 heavy (non-hydrogen) atoms. The van der Waals surface area contributed by atoms with Crippen molar-refractivity contribution in [2.45, 2.75) is 40.3 Å². The second-order valence-corrected chi connectivity index (χ2v) is 4.85. The molecule has 0 aliphatic heterocycles. The minimum Gasteiger partial charge on any atom is -0.485 e. The van der Waals surface area contributed by atoms with Crippen LogP contribution >= 0.6 is 0 Å². The van der Waals surface area contributed by atoms with Gasteiger partial charge in [0.25, 0.3) is 0 Å². The van der Waals surface area contributed by atoms with Gasteiger partial charge in [-0.15, -0.1) is 0 Å². The van der Waals surface area contributed by atoms with Crippen LogP contribution in [0.2, 0.25) is 0 Å². The smallest absolute Gasteiger partial charge is 0.147 e. The molecular formula is C15H20N2O. The van der Waals surface area contributed by atoms with Gasteiger partial charge in [-0.1, -0.05) is 18.2 Å². The number of nitrogens with zero attached hydrogens (tertiary/aromatic N) is 2. The monoisotopic (exact) mass is 244 g/mol. The molecule has 0 atom stereocenters. The van der Waals surface area contributed by atoms with Gasteiger partial charge in [0.05, 0.1) is 5.69 Å². The van der Waals surface area contributed by atoms with Crippen molar-refractivity contribution in [1.29, 1.82) is 0 Å². The Balaban J connectivity index is 2.13. The summed E-state index contributed by atoms with van der Waals surface area (Å²) in [5, 5.41) is 0. The number of hydrogen-bond donors (Lipinski definition) is 0. The Morgan fingerprint density at radius 2 is 1.94 bits per heavy atom. The van der Waals surface area contributed by atoms with E-state index in [0.717, 1.165) is 22.8 Å². The van der Waals surface area contributed by atoms with Crippen LogP contribution in [0.3, 0.4) is 0 Å². The predicted octanol–water partition coefficient (Wildman–Crippen LogP) is 3.66. The molecule has 0 spiro atoms. The molecule has 0 aliphatic carbocycles. The first kappa shape index (κ1) is 12.7. The number of rotatable bonds is 4. The SMILES string of the molecule is Cc1cn(C(C)C)c(COc2ccccc2C)n1. The molecule has 0 bridgehead atoms. The summed E-state index contributed by atoms with van der Waals surface area (Å²) in [5.74, 6) is 1.90. The van der Waals surface area contributed by atoms with Crippen LogP contribution < -0.4 is 4.74 Å². The van der Waals surface area contributed by atoms with E-state index in [-0.39, 0.29) is 0 Å². The highest BCUT2D eigenvalue weighted by molar-refractivity contribution is 5.31. The minimum atomic E-state index is 0.404. The molecule has 0 amide bonds. The highest BCUT2D eigenvalue weighted by atomic mass is 16.5. The number of aromatic nitrogens is 2. The molecule has 0 radical (unpaired) electrons. The lowest BCUT2D eigenvalue weighted by Crippen LogP contribution is -2.08. The maximum atomic E-state index is 5.84. The normalized spacial score (nSPS) is 10.9. The van der Waals surface area contributed by atoms with Gasteiger partial charge in [-0.25, -0.2) is 4.98 Å². The van der Waals surface area contributed by atoms with Gasteiger partial charge in [0.2, 0.25) is 0 Å². The summed E-state index contributed by atoms with van der Waals surface area (Å²) in [6.45, 7) is 8.87. The van der Waals surface area contributed by atoms with Crippen LogP contribution in [0, 0.1) is 13.8 Å². The summed E-state index contributed by atoms with van der Waals surface area (Å²) < 4.78 is 8.00. The Morgan fingerprint density at radius 3 is 2.61 bits per heavy atom. The molecule has 0 saturated heterocycles. The van der Waals surface area contributed by atoms with Crippen molar-refractivity contribution in [3.63, 3.8) is 0 Å². The van der Waals surface area contributed by atoms with E-state index in [1.165, 1.54) is 0 Å². The molecular weight excluding hydrogens is 224 g/mol. The number of aryl methyl sites for hydroxylation is 2. The summed E-state index contributed by atoms with van der Waals surface area (Å²) in [6, 6.07) is 8.45. The lowest BCUT2D eigenvalue weighted by molar-refractivity contribution is 0.284. The van der Waals surface area contributed by atoms with E-state index in [1.54, 1.807) is 0 Å². The first-order valence-electron chi connectivity index (χ1n) is 6.30. The average Bonchev–Trinajstić information content (AvgIpc) is 2.70. The summed E-state index contributed by atoms with van der Waals surface area (Å²) in [4.78, 5) is 4.51. The van der Waals surface area contributed by atoms with Gasteiger partial charge in [0.1, 0.15) is 18.2 Å². The highest BCUT2D eigenvalue weighted by Crippen LogP contribution is 2.19. The van der Waals surface area contributed by atoms with E-state index < -0.39 is 0 Å². The van der Waals surface area contributed by atoms with Crippen LogP contribution in [0.4, 0.5) is 0 Å². The van der Waals surface area contributed by atoms with Crippen molar-refractivity contribution in [3.8, 4) is 5.75 Å². The van der Waals surface area contributed by atoms with E-state index in [4.69, 9.17) is 4.74 Å². The standard InChI is InChI=1S/C15H20N2O/c1-11(2)17-9-13(4)16-15(17)10-18-14-8-6-5-7-12(14)3/h5-9,11H,10H2,1-4H3. The molecule has 0 N–H and O–H groups in total. The van der Waals surface area contributed by atoms with Gasteiger partial charge < -0.3 is 9.30 Å². The van der Waals surface area contributed by atoms with Crippen LogP contribution in [0.1, 0.15) is 37.0 Å². The van der Waals surface area contributed by atoms with Crippen LogP contribution in [-0.4, -0.2) is 9.55 Å². The number of imidazole rings is 1. The third-order valence-electron chi connectivity index (χ3n) is 2.94. The molecule has 96 valence electrons. The van der Waals surface area contributed by atoms with Crippen molar-refractivity contribution in [3.05, 3.63) is 47.5 Å². The van der Waals surface area contributed by atoms with Crippen LogP contribution in [0.5, 0.6) is 5.75 Å². The molecule has 0 fully saturated rings. The molecule has 1 aromatic heterocycles. The van der Waals surface area contributed by atoms with Crippen molar-refractivity contribution in [2.75, 3.05) is 0 Å². The van der Waals surface area contributed by atoms with Gasteiger partial charge in [0.15, 0.2) is 0 Å². The Hall–Kier alpha value is -1.77. The molecule has 3 heteroatoms. The fourth-order valence-corrected chi connectivity index (χ4v) is 1.98. The minimum absolute atomic E-state index is 0.404. The second kappa shape index (κ2) is 5.25. The topological polar surface area (TPSA) is 27.1 Å². The van der Waals surface area contributed by atoms with Gasteiger partial charge >= 0.3 is 0 Å². The van der Waals surface area contributed by atoms with E-state index in [1.807, 2.05) is 25.1 Å². The Morgan fingerprint density at radius 1 is 1.22 bits per heavy atom. The molecule has 0 saturated carbocycles. The molecule has 2 aromatic rings. The predicted molar refractivity (Wildman–Crippen MR) is 72.9 cm³/mol. The first-order valence-corrected chi connectivity index (χ1v) is 6.30. The van der Waals surface area contributed by atoms with Gasteiger partial charge in [-0.3, -0.25) is 0 Å². The molecule has 3 nitrogen and oxygen atoms in total. The van der Waals surface area contributed by atoms with E-state index in [0.29, 0.717) is 12.6 Å². The number of ether oxygens (including phenoxy) is 1. The third-order valence-corrected chi connectivity index (χ3v) is 2.94. The largest absolute Gasteiger partial charge is 0.485 e. The van der Waals surface area contributed by atoms with Crippen molar-refractivity contribution < 1.29 is 4.74 Å². The van der Waals surface area contributed by atoms with Crippen LogP contribution in [-0.2, 0) is 6.61 Å². The Labute approximate surface area is 108 Å². The fourth-order valence-electron chi connectivity index (χ4n) is 1.98. The number of para-hydroxylation sites is 1. The zero-order valence-corrected chi connectivity index (χ0v) is 11.5. The van der Waals surface area contributed by atoms with Gasteiger partial charge in [-0.05, 0) is 39.3 Å². The zero-order chi connectivity index (χ0) is 13.1. The van der Waals surface area contributed by atoms with Crippen molar-refractivity contribution >= 4 is 0 Å². The fraction of sp³-hybridized carbons (Fsp3) is 0.400. The maximum Gasteiger partial charge on any atom is 0.147 e. The van der Waals surface area contributed by atoms with Crippen molar-refractivity contribution in [1.82, 2.24) is 9.55 Å². The molecule has 0 aliphatic rings. The van der Waals surface area contributed by atoms with Crippen molar-refractivity contribution in [2.24, 2.45) is 0 Å². The van der Waals surface area contributed by atoms with Crippen LogP contribution in [0.25, 0.3) is 0 Å². The first-order chi connectivity index (χ1) is 8.58. The molecule has 1 aromatic carbocycles. The summed E-state index contributed by atoms with van der Waals surface area (Å²) >= 11 is 0. The third kappa shape index (κ3) is 2.73. The molecule has 0 unspecified atom stereocenters. The average molecular weight is 244 g/mol. The quantitative estimate of drug-likeness (QED) is 0.820. The highest BCUT2D eigenvalue weighted by Gasteiger charge is 2.09. The molecule has 2 rings (SSSR count). The van der Waals surface area contributed by atoms with Gasteiger partial charge in [0, 0.05) is 12.2 Å². The number of hydrogen-bond acceptors (Lipinski definition) is 2. The van der Waals surface area contributed by atoms with E-state index >= 15 is 0 Å². The Kier molecular flexibility index (Phi) is 3.70. The Bertz CT molecular complexity index is 529. The molecule has 1 heterocycles. The number of benzene rings is 1. The summed E-state index contributed by atoms with van der Waals surface area (Å²) in [5.41, 5.74) is 2.18. The van der Waals surface area contributed by atoms with Crippen LogP contribution in [0.15, 0.2) is 30.5 Å².